The lowest BCUT2D eigenvalue weighted by Crippen LogP contribution is -2.49. The zero-order valence-electron chi connectivity index (χ0n) is 13.7. The van der Waals surface area contributed by atoms with Gasteiger partial charge in [-0.1, -0.05) is 70.4 Å². The molecule has 1 N–H and O–H groups in total. The minimum atomic E-state index is 0.194. The molecule has 1 atom stereocenters. The van der Waals surface area contributed by atoms with Crippen LogP contribution < -0.4 is 5.32 Å². The van der Waals surface area contributed by atoms with E-state index in [1.54, 1.807) is 0 Å². The summed E-state index contributed by atoms with van der Waals surface area (Å²) >= 11 is 0. The molecule has 1 saturated carbocycles. The molecular weight excluding hydrogens is 242 g/mol. The van der Waals surface area contributed by atoms with Gasteiger partial charge in [0.1, 0.15) is 0 Å². The Morgan fingerprint density at radius 2 is 1.70 bits per heavy atom. The molecule has 1 aromatic carbocycles. The normalized spacial score (nSPS) is 25.4. The Labute approximate surface area is 125 Å². The topological polar surface area (TPSA) is 12.0 Å². The van der Waals surface area contributed by atoms with Crippen molar-refractivity contribution in [1.29, 1.82) is 0 Å². The monoisotopic (exact) mass is 273 g/mol. The highest BCUT2D eigenvalue weighted by Gasteiger charge is 2.37. The molecule has 112 valence electrons. The van der Waals surface area contributed by atoms with Crippen molar-refractivity contribution < 1.29 is 0 Å². The molecule has 0 saturated heterocycles. The molecule has 0 aromatic heterocycles. The van der Waals surface area contributed by atoms with Crippen molar-refractivity contribution in [3.63, 3.8) is 0 Å². The van der Waals surface area contributed by atoms with E-state index >= 15 is 0 Å². The summed E-state index contributed by atoms with van der Waals surface area (Å²) in [4.78, 5) is 0. The molecule has 1 aliphatic carbocycles. The molecule has 20 heavy (non-hydrogen) atoms. The summed E-state index contributed by atoms with van der Waals surface area (Å²) in [5, 5.41) is 3.64. The van der Waals surface area contributed by atoms with E-state index in [1.807, 2.05) is 0 Å². The Morgan fingerprint density at radius 1 is 1.10 bits per heavy atom. The first kappa shape index (κ1) is 15.6. The third-order valence-corrected chi connectivity index (χ3v) is 5.55. The molecule has 1 aromatic rings. The summed E-state index contributed by atoms with van der Waals surface area (Å²) in [6.07, 6.45) is 6.98. The molecule has 1 nitrogen and oxygen atoms in total. The number of hydrogen-bond acceptors (Lipinski definition) is 1. The van der Waals surface area contributed by atoms with E-state index in [0.717, 1.165) is 11.8 Å². The fourth-order valence-corrected chi connectivity index (χ4v) is 4.16. The van der Waals surface area contributed by atoms with Crippen molar-refractivity contribution in [1.82, 2.24) is 5.32 Å². The van der Waals surface area contributed by atoms with Crippen molar-refractivity contribution in [3.8, 4) is 0 Å². The standard InChI is InChI=1S/C19H31N/c1-5-15-11-13-16(14-12-15)18(20-4)19(2,3)17-9-7-6-8-10-17/h6-10,15-16,18,20H,5,11-14H2,1-4H3. The van der Waals surface area contributed by atoms with E-state index < -0.39 is 0 Å². The molecule has 1 unspecified atom stereocenters. The Bertz CT molecular complexity index is 387. The van der Waals surface area contributed by atoms with E-state index in [4.69, 9.17) is 0 Å². The van der Waals surface area contributed by atoms with E-state index in [2.05, 4.69) is 63.5 Å². The number of nitrogens with one attached hydrogen (secondary N) is 1. The Morgan fingerprint density at radius 3 is 2.20 bits per heavy atom. The second-order valence-electron chi connectivity index (χ2n) is 7.04. The third-order valence-electron chi connectivity index (χ3n) is 5.55. The number of likely N-dealkylation sites (N-methyl/N-ethyl adjacent to an activating group) is 1. The average molecular weight is 273 g/mol. The molecule has 0 heterocycles. The van der Waals surface area contributed by atoms with Gasteiger partial charge in [-0.2, -0.15) is 0 Å². The van der Waals surface area contributed by atoms with E-state index in [0.29, 0.717) is 6.04 Å². The first-order valence-corrected chi connectivity index (χ1v) is 8.32. The van der Waals surface area contributed by atoms with Gasteiger partial charge in [0.25, 0.3) is 0 Å². The Kier molecular flexibility index (Phi) is 5.26. The first-order chi connectivity index (χ1) is 9.59. The quantitative estimate of drug-likeness (QED) is 0.815. The van der Waals surface area contributed by atoms with Crippen LogP contribution in [0, 0.1) is 11.8 Å². The second-order valence-corrected chi connectivity index (χ2v) is 7.04. The second kappa shape index (κ2) is 6.76. The van der Waals surface area contributed by atoms with Crippen LogP contribution in [0.4, 0.5) is 0 Å². The van der Waals surface area contributed by atoms with Gasteiger partial charge >= 0.3 is 0 Å². The van der Waals surface area contributed by atoms with E-state index in [1.165, 1.54) is 37.7 Å². The van der Waals surface area contributed by atoms with Crippen molar-refractivity contribution >= 4 is 0 Å². The molecule has 2 rings (SSSR count). The van der Waals surface area contributed by atoms with Gasteiger partial charge in [-0.3, -0.25) is 0 Å². The molecule has 0 radical (unpaired) electrons. The van der Waals surface area contributed by atoms with Crippen molar-refractivity contribution in [2.45, 2.75) is 64.3 Å². The predicted octanol–water partition coefficient (Wildman–Crippen LogP) is 4.77. The molecule has 0 spiro atoms. The lowest BCUT2D eigenvalue weighted by molar-refractivity contribution is 0.175. The Balaban J connectivity index is 2.12. The minimum Gasteiger partial charge on any atom is -0.316 e. The largest absolute Gasteiger partial charge is 0.316 e. The zero-order chi connectivity index (χ0) is 14.6. The fraction of sp³-hybridized carbons (Fsp3) is 0.684. The summed E-state index contributed by atoms with van der Waals surface area (Å²) < 4.78 is 0. The molecule has 0 aliphatic heterocycles. The first-order valence-electron chi connectivity index (χ1n) is 8.32. The summed E-state index contributed by atoms with van der Waals surface area (Å²) in [7, 11) is 2.14. The van der Waals surface area contributed by atoms with Gasteiger partial charge in [-0.15, -0.1) is 0 Å². The van der Waals surface area contributed by atoms with Crippen LogP contribution in [-0.4, -0.2) is 13.1 Å². The van der Waals surface area contributed by atoms with E-state index in [-0.39, 0.29) is 5.41 Å². The molecule has 0 bridgehead atoms. The van der Waals surface area contributed by atoms with Gasteiger partial charge in [-0.05, 0) is 37.3 Å². The maximum absolute atomic E-state index is 3.64. The minimum absolute atomic E-state index is 0.194. The summed E-state index contributed by atoms with van der Waals surface area (Å²) in [6, 6.07) is 11.6. The summed E-state index contributed by atoms with van der Waals surface area (Å²) in [5.74, 6) is 1.79. The molecule has 1 heteroatoms. The van der Waals surface area contributed by atoms with Gasteiger partial charge in [0.05, 0.1) is 0 Å². The van der Waals surface area contributed by atoms with Gasteiger partial charge in [0, 0.05) is 11.5 Å². The van der Waals surface area contributed by atoms with Crippen LogP contribution in [0.5, 0.6) is 0 Å². The summed E-state index contributed by atoms with van der Waals surface area (Å²) in [6.45, 7) is 7.14. The fourth-order valence-electron chi connectivity index (χ4n) is 4.16. The predicted molar refractivity (Wildman–Crippen MR) is 88.1 cm³/mol. The van der Waals surface area contributed by atoms with Crippen LogP contribution in [-0.2, 0) is 5.41 Å². The summed E-state index contributed by atoms with van der Waals surface area (Å²) in [5.41, 5.74) is 1.65. The molecule has 1 aliphatic rings. The van der Waals surface area contributed by atoms with Crippen molar-refractivity contribution in [2.24, 2.45) is 11.8 Å². The van der Waals surface area contributed by atoms with Gasteiger partial charge in [-0.25, -0.2) is 0 Å². The molecule has 0 amide bonds. The van der Waals surface area contributed by atoms with Gasteiger partial charge in [0.2, 0.25) is 0 Å². The van der Waals surface area contributed by atoms with Crippen molar-refractivity contribution in [2.75, 3.05) is 7.05 Å². The zero-order valence-corrected chi connectivity index (χ0v) is 13.7. The SMILES string of the molecule is CCC1CCC(C(NC)C(C)(C)c2ccccc2)CC1. The van der Waals surface area contributed by atoms with Gasteiger partial charge < -0.3 is 5.32 Å². The molecular formula is C19H31N. The maximum Gasteiger partial charge on any atom is 0.0184 e. The smallest absolute Gasteiger partial charge is 0.0184 e. The highest BCUT2D eigenvalue weighted by atomic mass is 14.9. The number of rotatable bonds is 5. The average Bonchev–Trinajstić information content (AvgIpc) is 2.49. The lowest BCUT2D eigenvalue weighted by Gasteiger charge is -2.42. The number of hydrogen-bond donors (Lipinski definition) is 1. The van der Waals surface area contributed by atoms with Crippen LogP contribution in [0.15, 0.2) is 30.3 Å². The lowest BCUT2D eigenvalue weighted by atomic mass is 9.67. The van der Waals surface area contributed by atoms with Crippen LogP contribution in [0.1, 0.15) is 58.4 Å². The third kappa shape index (κ3) is 3.25. The van der Waals surface area contributed by atoms with Crippen LogP contribution in [0.2, 0.25) is 0 Å². The van der Waals surface area contributed by atoms with Crippen molar-refractivity contribution in [3.05, 3.63) is 35.9 Å². The highest BCUT2D eigenvalue weighted by Crippen LogP contribution is 2.39. The van der Waals surface area contributed by atoms with Gasteiger partial charge in [0.15, 0.2) is 0 Å². The van der Waals surface area contributed by atoms with Crippen LogP contribution in [0.3, 0.4) is 0 Å². The van der Waals surface area contributed by atoms with E-state index in [9.17, 15) is 0 Å². The molecule has 1 fully saturated rings. The van der Waals surface area contributed by atoms with Crippen LogP contribution in [0.25, 0.3) is 0 Å². The number of benzene rings is 1. The van der Waals surface area contributed by atoms with Crippen LogP contribution >= 0.6 is 0 Å². The maximum atomic E-state index is 3.64. The highest BCUT2D eigenvalue weighted by molar-refractivity contribution is 5.26. The Hall–Kier alpha value is -0.820.